The van der Waals surface area contributed by atoms with Crippen LogP contribution < -0.4 is 10.9 Å². The van der Waals surface area contributed by atoms with Gasteiger partial charge in [0.05, 0.1) is 18.7 Å². The average Bonchev–Trinajstić information content (AvgIpc) is 2.50. The average molecular weight is 368 g/mol. The maximum absolute atomic E-state index is 12.2. The summed E-state index contributed by atoms with van der Waals surface area (Å²) < 4.78 is 0. The lowest BCUT2D eigenvalue weighted by molar-refractivity contribution is 0.100. The minimum absolute atomic E-state index is 0.371. The van der Waals surface area contributed by atoms with Crippen molar-refractivity contribution in [3.63, 3.8) is 0 Å². The summed E-state index contributed by atoms with van der Waals surface area (Å²) >= 11 is 6.76. The van der Waals surface area contributed by atoms with Gasteiger partial charge in [0, 0.05) is 0 Å². The molecule has 0 aliphatic rings. The van der Waals surface area contributed by atoms with Crippen LogP contribution in [0.1, 0.15) is 73.5 Å². The van der Waals surface area contributed by atoms with Gasteiger partial charge in [0.25, 0.3) is 0 Å². The third-order valence-electron chi connectivity index (χ3n) is 4.75. The first kappa shape index (κ1) is 21.2. The van der Waals surface area contributed by atoms with Crippen molar-refractivity contribution < 1.29 is 4.79 Å². The third-order valence-corrected chi connectivity index (χ3v) is 7.22. The van der Waals surface area contributed by atoms with Gasteiger partial charge in [-0.15, -0.1) is 0 Å². The number of unbranched alkanes of at least 4 members (excludes halogenated alkanes) is 3. The van der Waals surface area contributed by atoms with E-state index in [4.69, 9.17) is 17.3 Å². The Morgan fingerprint density at radius 2 is 1.54 bits per heavy atom. The van der Waals surface area contributed by atoms with E-state index in [2.05, 4.69) is 40.4 Å². The third kappa shape index (κ3) is 4.63. The number of amides is 1. The highest BCUT2D eigenvalue weighted by molar-refractivity contribution is 6.90. The SMILES string of the molecule is CCCCCCc1c(Cl)c(C(N)=O)c([Si](C)(C)C)c(CC)c1CC. The van der Waals surface area contributed by atoms with Gasteiger partial charge in [0.2, 0.25) is 5.91 Å². The molecule has 0 aliphatic heterocycles. The van der Waals surface area contributed by atoms with Gasteiger partial charge in [0.15, 0.2) is 0 Å². The molecule has 136 valence electrons. The number of benzene rings is 1. The van der Waals surface area contributed by atoms with Gasteiger partial charge in [0.1, 0.15) is 0 Å². The molecular weight excluding hydrogens is 334 g/mol. The molecule has 1 aromatic carbocycles. The Kier molecular flexibility index (Phi) is 8.01. The van der Waals surface area contributed by atoms with E-state index in [0.717, 1.165) is 25.7 Å². The van der Waals surface area contributed by atoms with Crippen LogP contribution in [-0.4, -0.2) is 14.0 Å². The second-order valence-electron chi connectivity index (χ2n) is 7.63. The van der Waals surface area contributed by atoms with Gasteiger partial charge in [-0.2, -0.15) is 0 Å². The molecule has 0 bridgehead atoms. The van der Waals surface area contributed by atoms with Crippen molar-refractivity contribution in [3.05, 3.63) is 27.3 Å². The lowest BCUT2D eigenvalue weighted by atomic mass is 9.90. The molecule has 0 atom stereocenters. The van der Waals surface area contributed by atoms with Crippen LogP contribution in [0.4, 0.5) is 0 Å². The monoisotopic (exact) mass is 367 g/mol. The Hall–Kier alpha value is -0.803. The number of primary amides is 1. The molecule has 2 nitrogen and oxygen atoms in total. The zero-order valence-electron chi connectivity index (χ0n) is 16.3. The maximum atomic E-state index is 12.2. The van der Waals surface area contributed by atoms with E-state index in [1.165, 1.54) is 41.1 Å². The van der Waals surface area contributed by atoms with Crippen LogP contribution in [0.25, 0.3) is 0 Å². The van der Waals surface area contributed by atoms with Crippen molar-refractivity contribution in [1.29, 1.82) is 0 Å². The smallest absolute Gasteiger partial charge is 0.250 e. The molecule has 1 aromatic rings. The predicted octanol–water partition coefficient (Wildman–Crippen LogP) is 5.23. The molecule has 0 fully saturated rings. The summed E-state index contributed by atoms with van der Waals surface area (Å²) in [6.45, 7) is 13.4. The van der Waals surface area contributed by atoms with Crippen molar-refractivity contribution in [2.24, 2.45) is 5.73 Å². The quantitative estimate of drug-likeness (QED) is 0.471. The fraction of sp³-hybridized carbons (Fsp3) is 0.650. The second-order valence-corrected chi connectivity index (χ2v) is 13.0. The molecule has 4 heteroatoms. The summed E-state index contributed by atoms with van der Waals surface area (Å²) in [4.78, 5) is 12.2. The summed E-state index contributed by atoms with van der Waals surface area (Å²) in [5.74, 6) is -0.371. The summed E-state index contributed by atoms with van der Waals surface area (Å²) in [6, 6.07) is 0. The van der Waals surface area contributed by atoms with Crippen molar-refractivity contribution >= 4 is 30.8 Å². The first-order chi connectivity index (χ1) is 11.2. The molecule has 0 radical (unpaired) electrons. The molecule has 0 saturated carbocycles. The van der Waals surface area contributed by atoms with E-state index >= 15 is 0 Å². The van der Waals surface area contributed by atoms with Gasteiger partial charge in [-0.1, -0.05) is 71.3 Å². The highest BCUT2D eigenvalue weighted by Crippen LogP contribution is 2.31. The van der Waals surface area contributed by atoms with Crippen LogP contribution in [0.2, 0.25) is 24.7 Å². The number of halogens is 1. The number of rotatable bonds is 9. The molecule has 0 aliphatic carbocycles. The molecule has 0 spiro atoms. The first-order valence-electron chi connectivity index (χ1n) is 9.36. The van der Waals surface area contributed by atoms with E-state index < -0.39 is 8.07 Å². The van der Waals surface area contributed by atoms with Crippen LogP contribution in [0.15, 0.2) is 0 Å². The van der Waals surface area contributed by atoms with E-state index in [1.54, 1.807) is 0 Å². The minimum Gasteiger partial charge on any atom is -0.366 e. The first-order valence-corrected chi connectivity index (χ1v) is 13.2. The minimum atomic E-state index is -1.74. The van der Waals surface area contributed by atoms with Crippen molar-refractivity contribution in [2.75, 3.05) is 0 Å². The molecule has 1 amide bonds. The van der Waals surface area contributed by atoms with Crippen LogP contribution >= 0.6 is 11.6 Å². The van der Waals surface area contributed by atoms with Crippen LogP contribution in [0.5, 0.6) is 0 Å². The molecule has 24 heavy (non-hydrogen) atoms. The Labute approximate surface area is 154 Å². The Balaban J connectivity index is 3.60. The number of carbonyl (C=O) groups excluding carboxylic acids is 1. The summed E-state index contributed by atoms with van der Waals surface area (Å²) in [5.41, 5.74) is 10.2. The van der Waals surface area contributed by atoms with Crippen LogP contribution in [-0.2, 0) is 19.3 Å². The van der Waals surface area contributed by atoms with Gasteiger partial charge in [-0.25, -0.2) is 0 Å². The molecule has 2 N–H and O–H groups in total. The predicted molar refractivity (Wildman–Crippen MR) is 110 cm³/mol. The van der Waals surface area contributed by atoms with Gasteiger partial charge in [-0.05, 0) is 47.6 Å². The number of hydrogen-bond acceptors (Lipinski definition) is 1. The molecule has 1 rings (SSSR count). The van der Waals surface area contributed by atoms with Crippen molar-refractivity contribution in [3.8, 4) is 0 Å². The van der Waals surface area contributed by atoms with Crippen molar-refractivity contribution in [1.82, 2.24) is 0 Å². The van der Waals surface area contributed by atoms with E-state index in [-0.39, 0.29) is 5.91 Å². The summed E-state index contributed by atoms with van der Waals surface area (Å²) in [5, 5.41) is 1.81. The van der Waals surface area contributed by atoms with Gasteiger partial charge >= 0.3 is 0 Å². The molecule has 0 saturated heterocycles. The van der Waals surface area contributed by atoms with E-state index in [9.17, 15) is 4.79 Å². The van der Waals surface area contributed by atoms with Crippen molar-refractivity contribution in [2.45, 2.75) is 85.4 Å². The molecule has 0 heterocycles. The second kappa shape index (κ2) is 9.05. The van der Waals surface area contributed by atoms with Gasteiger partial charge < -0.3 is 5.73 Å². The largest absolute Gasteiger partial charge is 0.366 e. The zero-order chi connectivity index (χ0) is 18.5. The Bertz CT molecular complexity index is 591. The fourth-order valence-electron chi connectivity index (χ4n) is 3.74. The standard InChI is InChI=1S/C20H34ClNOSi/c1-7-10-11-12-13-16-14(8-2)15(9-3)19(24(4,5)6)17(18(16)21)20(22)23/h7-13H2,1-6H3,(H2,22,23). The molecule has 0 aromatic heterocycles. The van der Waals surface area contributed by atoms with E-state index in [1.807, 2.05) is 0 Å². The van der Waals surface area contributed by atoms with E-state index in [0.29, 0.717) is 10.6 Å². The summed E-state index contributed by atoms with van der Waals surface area (Å²) in [6.07, 6.45) is 7.63. The number of carbonyl (C=O) groups is 1. The Morgan fingerprint density at radius 1 is 0.958 bits per heavy atom. The lowest BCUT2D eigenvalue weighted by Gasteiger charge is -2.29. The van der Waals surface area contributed by atoms with Gasteiger partial charge in [-0.3, -0.25) is 4.79 Å². The highest BCUT2D eigenvalue weighted by atomic mass is 35.5. The summed E-state index contributed by atoms with van der Waals surface area (Å²) in [7, 11) is -1.74. The molecule has 0 unspecified atom stereocenters. The van der Waals surface area contributed by atoms with Crippen LogP contribution in [0, 0.1) is 0 Å². The topological polar surface area (TPSA) is 43.1 Å². The zero-order valence-corrected chi connectivity index (χ0v) is 18.1. The molecular formula is C20H34ClNOSi. The lowest BCUT2D eigenvalue weighted by Crippen LogP contribution is -2.46. The normalized spacial score (nSPS) is 11.8. The number of nitrogens with two attached hydrogens (primary N) is 1. The highest BCUT2D eigenvalue weighted by Gasteiger charge is 2.31. The number of hydrogen-bond donors (Lipinski definition) is 1. The fourth-order valence-corrected chi connectivity index (χ4v) is 6.45. The van der Waals surface area contributed by atoms with Crippen LogP contribution in [0.3, 0.4) is 0 Å². The maximum Gasteiger partial charge on any atom is 0.250 e. The Morgan fingerprint density at radius 3 is 1.96 bits per heavy atom.